The van der Waals surface area contributed by atoms with Gasteiger partial charge in [-0.1, -0.05) is 36.0 Å². The monoisotopic (exact) mass is 354 g/mol. The van der Waals surface area contributed by atoms with E-state index in [1.807, 2.05) is 36.4 Å². The van der Waals surface area contributed by atoms with Crippen molar-refractivity contribution in [1.82, 2.24) is 15.1 Å². The van der Waals surface area contributed by atoms with Gasteiger partial charge in [0.1, 0.15) is 5.82 Å². The molecular formula is C19H19ClN4O. The second-order valence-electron chi connectivity index (χ2n) is 6.31. The fourth-order valence-electron chi connectivity index (χ4n) is 3.18. The number of rotatable bonds is 4. The van der Waals surface area contributed by atoms with Crippen LogP contribution in [0.25, 0.3) is 22.8 Å². The van der Waals surface area contributed by atoms with Crippen molar-refractivity contribution >= 4 is 17.4 Å². The molecule has 1 fully saturated rings. The van der Waals surface area contributed by atoms with Crippen molar-refractivity contribution in [2.75, 3.05) is 5.32 Å². The molecule has 1 saturated carbocycles. The summed E-state index contributed by atoms with van der Waals surface area (Å²) < 4.78 is 5.49. The van der Waals surface area contributed by atoms with Crippen LogP contribution in [0.2, 0.25) is 5.02 Å². The van der Waals surface area contributed by atoms with E-state index in [1.165, 1.54) is 32.1 Å². The lowest BCUT2D eigenvalue weighted by molar-refractivity contribution is 0.432. The first-order valence-electron chi connectivity index (χ1n) is 8.61. The Labute approximate surface area is 151 Å². The Kier molecular flexibility index (Phi) is 4.65. The summed E-state index contributed by atoms with van der Waals surface area (Å²) in [5, 5.41) is 8.32. The van der Waals surface area contributed by atoms with Crippen molar-refractivity contribution in [3.63, 3.8) is 0 Å². The van der Waals surface area contributed by atoms with E-state index in [2.05, 4.69) is 20.4 Å². The molecule has 3 aromatic rings. The fourth-order valence-corrected chi connectivity index (χ4v) is 3.31. The number of nitrogens with one attached hydrogen (secondary N) is 1. The van der Waals surface area contributed by atoms with Crippen LogP contribution < -0.4 is 5.32 Å². The molecule has 6 heteroatoms. The minimum atomic E-state index is 0.459. The van der Waals surface area contributed by atoms with E-state index in [4.69, 9.17) is 16.1 Å². The minimum absolute atomic E-state index is 0.459. The first kappa shape index (κ1) is 16.1. The molecule has 1 aromatic carbocycles. The minimum Gasteiger partial charge on any atom is -0.367 e. The van der Waals surface area contributed by atoms with E-state index in [0.717, 1.165) is 16.9 Å². The van der Waals surface area contributed by atoms with Gasteiger partial charge in [-0.05, 0) is 49.2 Å². The number of halogens is 1. The van der Waals surface area contributed by atoms with Crippen molar-refractivity contribution in [3.05, 3.63) is 47.6 Å². The molecule has 2 heterocycles. The Hall–Kier alpha value is -2.40. The fraction of sp³-hybridized carbons (Fsp3) is 0.316. The van der Waals surface area contributed by atoms with Gasteiger partial charge < -0.3 is 9.84 Å². The van der Waals surface area contributed by atoms with Crippen LogP contribution in [-0.4, -0.2) is 21.2 Å². The first-order chi connectivity index (χ1) is 12.3. The van der Waals surface area contributed by atoms with E-state index < -0.39 is 0 Å². The highest BCUT2D eigenvalue weighted by Gasteiger charge is 2.19. The van der Waals surface area contributed by atoms with E-state index in [0.29, 0.717) is 22.8 Å². The SMILES string of the molecule is Clc1ccc(-c2noc(-c3cccnc3NC3CCCCC3)n2)cc1. The third-order valence-electron chi connectivity index (χ3n) is 4.51. The van der Waals surface area contributed by atoms with Gasteiger partial charge in [-0.3, -0.25) is 0 Å². The Morgan fingerprint density at radius 3 is 2.64 bits per heavy atom. The highest BCUT2D eigenvalue weighted by atomic mass is 35.5. The third kappa shape index (κ3) is 3.66. The van der Waals surface area contributed by atoms with Gasteiger partial charge in [0, 0.05) is 22.8 Å². The van der Waals surface area contributed by atoms with Crippen LogP contribution in [0.3, 0.4) is 0 Å². The molecule has 0 amide bonds. The maximum absolute atomic E-state index is 5.93. The van der Waals surface area contributed by atoms with Crippen LogP contribution >= 0.6 is 11.6 Å². The largest absolute Gasteiger partial charge is 0.367 e. The molecule has 0 spiro atoms. The molecule has 0 unspecified atom stereocenters. The number of anilines is 1. The number of pyridine rings is 1. The van der Waals surface area contributed by atoms with E-state index in [1.54, 1.807) is 6.20 Å². The maximum Gasteiger partial charge on any atom is 0.261 e. The van der Waals surface area contributed by atoms with Crippen LogP contribution in [0.5, 0.6) is 0 Å². The van der Waals surface area contributed by atoms with Crippen LogP contribution in [0.4, 0.5) is 5.82 Å². The molecule has 0 saturated heterocycles. The van der Waals surface area contributed by atoms with Crippen molar-refractivity contribution in [2.45, 2.75) is 38.1 Å². The van der Waals surface area contributed by atoms with Crippen molar-refractivity contribution in [3.8, 4) is 22.8 Å². The van der Waals surface area contributed by atoms with Crippen LogP contribution in [-0.2, 0) is 0 Å². The average Bonchev–Trinajstić information content (AvgIpc) is 3.14. The zero-order chi connectivity index (χ0) is 17.1. The molecule has 0 aliphatic heterocycles. The maximum atomic E-state index is 5.93. The Morgan fingerprint density at radius 1 is 1.04 bits per heavy atom. The zero-order valence-electron chi connectivity index (χ0n) is 13.8. The van der Waals surface area contributed by atoms with Crippen molar-refractivity contribution in [1.29, 1.82) is 0 Å². The average molecular weight is 355 g/mol. The molecule has 0 atom stereocenters. The molecular weight excluding hydrogens is 336 g/mol. The number of benzene rings is 1. The molecule has 25 heavy (non-hydrogen) atoms. The molecule has 0 radical (unpaired) electrons. The summed E-state index contributed by atoms with van der Waals surface area (Å²) in [4.78, 5) is 9.02. The van der Waals surface area contributed by atoms with Gasteiger partial charge in [0.25, 0.3) is 5.89 Å². The summed E-state index contributed by atoms with van der Waals surface area (Å²) in [6, 6.07) is 11.7. The van der Waals surface area contributed by atoms with Gasteiger partial charge in [-0.15, -0.1) is 0 Å². The molecule has 128 valence electrons. The highest BCUT2D eigenvalue weighted by Crippen LogP contribution is 2.29. The Balaban J connectivity index is 1.60. The van der Waals surface area contributed by atoms with Gasteiger partial charge in [-0.25, -0.2) is 4.98 Å². The molecule has 0 bridgehead atoms. The van der Waals surface area contributed by atoms with Gasteiger partial charge in [0.2, 0.25) is 5.82 Å². The van der Waals surface area contributed by atoms with Crippen molar-refractivity contribution in [2.24, 2.45) is 0 Å². The van der Waals surface area contributed by atoms with Crippen LogP contribution in [0.1, 0.15) is 32.1 Å². The summed E-state index contributed by atoms with van der Waals surface area (Å²) in [6.45, 7) is 0. The van der Waals surface area contributed by atoms with E-state index in [9.17, 15) is 0 Å². The predicted molar refractivity (Wildman–Crippen MR) is 98.5 cm³/mol. The first-order valence-corrected chi connectivity index (χ1v) is 8.99. The third-order valence-corrected chi connectivity index (χ3v) is 4.76. The summed E-state index contributed by atoms with van der Waals surface area (Å²) >= 11 is 5.93. The van der Waals surface area contributed by atoms with Gasteiger partial charge >= 0.3 is 0 Å². The van der Waals surface area contributed by atoms with Gasteiger partial charge in [0.05, 0.1) is 5.56 Å². The number of nitrogens with zero attached hydrogens (tertiary/aromatic N) is 3. The predicted octanol–water partition coefficient (Wildman–Crippen LogP) is 5.20. The lowest BCUT2D eigenvalue weighted by Crippen LogP contribution is -2.23. The Morgan fingerprint density at radius 2 is 1.84 bits per heavy atom. The molecule has 1 aliphatic rings. The zero-order valence-corrected chi connectivity index (χ0v) is 14.5. The topological polar surface area (TPSA) is 63.8 Å². The van der Waals surface area contributed by atoms with Gasteiger partial charge in [-0.2, -0.15) is 4.98 Å². The summed E-state index contributed by atoms with van der Waals surface area (Å²) in [7, 11) is 0. The molecule has 2 aromatic heterocycles. The standard InChI is InChI=1S/C19H19ClN4O/c20-14-10-8-13(9-11-14)17-23-19(25-24-17)16-7-4-12-21-18(16)22-15-5-2-1-3-6-15/h4,7-12,15H,1-3,5-6H2,(H,21,22). The highest BCUT2D eigenvalue weighted by molar-refractivity contribution is 6.30. The number of hydrogen-bond donors (Lipinski definition) is 1. The summed E-state index contributed by atoms with van der Waals surface area (Å²) in [6.07, 6.45) is 7.99. The van der Waals surface area contributed by atoms with Crippen molar-refractivity contribution < 1.29 is 4.52 Å². The summed E-state index contributed by atoms with van der Waals surface area (Å²) in [5.74, 6) is 1.82. The van der Waals surface area contributed by atoms with Crippen LogP contribution in [0.15, 0.2) is 47.1 Å². The van der Waals surface area contributed by atoms with Gasteiger partial charge in [0.15, 0.2) is 0 Å². The second kappa shape index (κ2) is 7.23. The smallest absolute Gasteiger partial charge is 0.261 e. The molecule has 1 aliphatic carbocycles. The lowest BCUT2D eigenvalue weighted by Gasteiger charge is -2.23. The lowest BCUT2D eigenvalue weighted by atomic mass is 9.95. The number of aromatic nitrogens is 3. The Bertz CT molecular complexity index is 841. The summed E-state index contributed by atoms with van der Waals surface area (Å²) in [5.41, 5.74) is 1.70. The molecule has 5 nitrogen and oxygen atoms in total. The molecule has 1 N–H and O–H groups in total. The van der Waals surface area contributed by atoms with E-state index in [-0.39, 0.29) is 0 Å². The quantitative estimate of drug-likeness (QED) is 0.697. The number of hydrogen-bond acceptors (Lipinski definition) is 5. The molecule has 4 rings (SSSR count). The second-order valence-corrected chi connectivity index (χ2v) is 6.75. The normalized spacial score (nSPS) is 15.2. The van der Waals surface area contributed by atoms with Crippen LogP contribution in [0, 0.1) is 0 Å². The van der Waals surface area contributed by atoms with E-state index >= 15 is 0 Å².